The Morgan fingerprint density at radius 1 is 1.35 bits per heavy atom. The number of methoxy groups -OCH3 is 1. The van der Waals surface area contributed by atoms with Gasteiger partial charge in [-0.15, -0.1) is 0 Å². The van der Waals surface area contributed by atoms with Crippen LogP contribution >= 0.6 is 11.3 Å². The minimum absolute atomic E-state index is 0.115. The zero-order valence-corrected chi connectivity index (χ0v) is 13.2. The summed E-state index contributed by atoms with van der Waals surface area (Å²) < 4.78 is 4.68. The summed E-state index contributed by atoms with van der Waals surface area (Å²) in [6, 6.07) is 0. The molecule has 0 bridgehead atoms. The molecule has 0 saturated heterocycles. The highest BCUT2D eigenvalue weighted by atomic mass is 32.1. The Labute approximate surface area is 123 Å². The number of rotatable bonds is 7. The summed E-state index contributed by atoms with van der Waals surface area (Å²) in [4.78, 5) is 29.8. The minimum Gasteiger partial charge on any atom is -0.465 e. The van der Waals surface area contributed by atoms with Crippen LogP contribution in [0.15, 0.2) is 0 Å². The summed E-state index contributed by atoms with van der Waals surface area (Å²) in [7, 11) is 1.34. The number of esters is 1. The van der Waals surface area contributed by atoms with Crippen LogP contribution in [0.3, 0.4) is 0 Å². The Morgan fingerprint density at radius 2 is 2.00 bits per heavy atom. The number of nitrogens with zero attached hydrogens (tertiary/aromatic N) is 2. The van der Waals surface area contributed by atoms with Gasteiger partial charge in [0.25, 0.3) is 0 Å². The molecule has 1 aromatic heterocycles. The number of aryl methyl sites for hydroxylation is 1. The first-order valence-corrected chi connectivity index (χ1v) is 7.42. The van der Waals surface area contributed by atoms with E-state index >= 15 is 0 Å². The van der Waals surface area contributed by atoms with E-state index in [0.29, 0.717) is 28.7 Å². The Hall–Kier alpha value is -1.63. The van der Waals surface area contributed by atoms with Crippen molar-refractivity contribution in [3.8, 4) is 0 Å². The highest BCUT2D eigenvalue weighted by molar-refractivity contribution is 7.17. The zero-order chi connectivity index (χ0) is 15.1. The van der Waals surface area contributed by atoms with Crippen molar-refractivity contribution in [2.45, 2.75) is 27.2 Å². The van der Waals surface area contributed by atoms with Crippen molar-refractivity contribution in [1.29, 1.82) is 0 Å². The molecule has 0 aliphatic carbocycles. The van der Waals surface area contributed by atoms with E-state index in [2.05, 4.69) is 15.0 Å². The molecule has 1 aromatic rings. The topological polar surface area (TPSA) is 71.5 Å². The number of ether oxygens (including phenoxy) is 1. The van der Waals surface area contributed by atoms with Crippen LogP contribution in [0, 0.1) is 6.92 Å². The van der Waals surface area contributed by atoms with Gasteiger partial charge in [-0.25, -0.2) is 9.78 Å². The van der Waals surface area contributed by atoms with E-state index in [-0.39, 0.29) is 11.9 Å². The van der Waals surface area contributed by atoms with E-state index in [1.165, 1.54) is 18.4 Å². The van der Waals surface area contributed by atoms with Crippen molar-refractivity contribution in [2.24, 2.45) is 0 Å². The maximum atomic E-state index is 11.8. The van der Waals surface area contributed by atoms with E-state index < -0.39 is 0 Å². The average Bonchev–Trinajstić information content (AvgIpc) is 2.80. The second kappa shape index (κ2) is 7.84. The molecule has 6 nitrogen and oxygen atoms in total. The van der Waals surface area contributed by atoms with Crippen LogP contribution in [0.25, 0.3) is 0 Å². The zero-order valence-electron chi connectivity index (χ0n) is 12.4. The van der Waals surface area contributed by atoms with Gasteiger partial charge in [-0.2, -0.15) is 0 Å². The van der Waals surface area contributed by atoms with Gasteiger partial charge in [0.05, 0.1) is 12.8 Å². The lowest BCUT2D eigenvalue weighted by Crippen LogP contribution is -2.31. The molecule has 20 heavy (non-hydrogen) atoms. The normalized spacial score (nSPS) is 10.2. The molecule has 0 unspecified atom stereocenters. The number of thiazole rings is 1. The summed E-state index contributed by atoms with van der Waals surface area (Å²) in [5.41, 5.74) is 0.638. The van der Waals surface area contributed by atoms with Crippen LogP contribution in [0.1, 0.15) is 35.6 Å². The molecule has 1 amide bonds. The molecular formula is C13H21N3O3S. The lowest BCUT2D eigenvalue weighted by molar-refractivity contribution is -0.130. The predicted octanol–water partition coefficient (Wildman–Crippen LogP) is 1.91. The lowest BCUT2D eigenvalue weighted by atomic mass is 10.3. The lowest BCUT2D eigenvalue weighted by Gasteiger charge is -2.18. The maximum absolute atomic E-state index is 11.8. The number of hydrogen-bond acceptors (Lipinski definition) is 6. The van der Waals surface area contributed by atoms with E-state index in [9.17, 15) is 9.59 Å². The molecule has 0 aliphatic rings. The largest absolute Gasteiger partial charge is 0.465 e. The maximum Gasteiger partial charge on any atom is 0.350 e. The SMILES string of the molecule is CCN(CC)C(=O)CCNc1nc(C)c(C(=O)OC)s1. The molecule has 1 N–H and O–H groups in total. The van der Waals surface area contributed by atoms with Crippen molar-refractivity contribution < 1.29 is 14.3 Å². The van der Waals surface area contributed by atoms with Crippen molar-refractivity contribution >= 4 is 28.3 Å². The summed E-state index contributed by atoms with van der Waals surface area (Å²) in [5.74, 6) is -0.267. The number of anilines is 1. The van der Waals surface area contributed by atoms with Gasteiger partial charge >= 0.3 is 5.97 Å². The first-order chi connectivity index (χ1) is 9.53. The van der Waals surface area contributed by atoms with Gasteiger partial charge in [0.15, 0.2) is 5.13 Å². The fraction of sp³-hybridized carbons (Fsp3) is 0.615. The molecule has 1 heterocycles. The van der Waals surface area contributed by atoms with Gasteiger partial charge in [-0.3, -0.25) is 4.79 Å². The molecule has 0 aliphatic heterocycles. The van der Waals surface area contributed by atoms with Gasteiger partial charge < -0.3 is 15.0 Å². The molecule has 0 saturated carbocycles. The standard InChI is InChI=1S/C13H21N3O3S/c1-5-16(6-2)10(17)7-8-14-13-15-9(3)11(20-13)12(18)19-4/h5-8H2,1-4H3,(H,14,15). The quantitative estimate of drug-likeness (QED) is 0.779. The summed E-state index contributed by atoms with van der Waals surface area (Å²) in [6.07, 6.45) is 0.411. The van der Waals surface area contributed by atoms with E-state index in [1.54, 1.807) is 11.8 Å². The third-order valence-electron chi connectivity index (χ3n) is 2.90. The van der Waals surface area contributed by atoms with Crippen LogP contribution < -0.4 is 5.32 Å². The molecular weight excluding hydrogens is 278 g/mol. The van der Waals surface area contributed by atoms with Crippen LogP contribution in [0.4, 0.5) is 5.13 Å². The molecule has 0 fully saturated rings. The average molecular weight is 299 g/mol. The Morgan fingerprint density at radius 3 is 2.55 bits per heavy atom. The third kappa shape index (κ3) is 4.19. The van der Waals surface area contributed by atoms with Crippen molar-refractivity contribution in [1.82, 2.24) is 9.88 Å². The summed E-state index contributed by atoms with van der Waals surface area (Å²) in [6.45, 7) is 7.62. The second-order valence-electron chi connectivity index (χ2n) is 4.17. The fourth-order valence-electron chi connectivity index (χ4n) is 1.76. The first kappa shape index (κ1) is 16.4. The highest BCUT2D eigenvalue weighted by Crippen LogP contribution is 2.23. The van der Waals surface area contributed by atoms with Gasteiger partial charge in [-0.05, 0) is 20.8 Å². The molecule has 0 spiro atoms. The summed E-state index contributed by atoms with van der Waals surface area (Å²) >= 11 is 1.24. The van der Waals surface area contributed by atoms with Crippen LogP contribution in [-0.2, 0) is 9.53 Å². The van der Waals surface area contributed by atoms with E-state index in [0.717, 1.165) is 13.1 Å². The number of amides is 1. The third-order valence-corrected chi connectivity index (χ3v) is 3.99. The molecule has 1 rings (SSSR count). The number of aromatic nitrogens is 1. The van der Waals surface area contributed by atoms with Crippen LogP contribution in [-0.4, -0.2) is 48.5 Å². The minimum atomic E-state index is -0.382. The molecule has 0 aromatic carbocycles. The first-order valence-electron chi connectivity index (χ1n) is 6.60. The molecule has 7 heteroatoms. The summed E-state index contributed by atoms with van der Waals surface area (Å²) in [5, 5.41) is 3.71. The molecule has 0 atom stereocenters. The van der Waals surface area contributed by atoms with Gasteiger partial charge in [0, 0.05) is 26.1 Å². The molecule has 112 valence electrons. The molecule has 0 radical (unpaired) electrons. The Kier molecular flexibility index (Phi) is 6.44. The van der Waals surface area contributed by atoms with Crippen LogP contribution in [0.2, 0.25) is 0 Å². The van der Waals surface area contributed by atoms with Crippen molar-refractivity contribution in [2.75, 3.05) is 32.1 Å². The second-order valence-corrected chi connectivity index (χ2v) is 5.17. The monoisotopic (exact) mass is 299 g/mol. The van der Waals surface area contributed by atoms with Crippen molar-refractivity contribution in [3.05, 3.63) is 10.6 Å². The Balaban J connectivity index is 2.51. The predicted molar refractivity (Wildman–Crippen MR) is 79.2 cm³/mol. The van der Waals surface area contributed by atoms with Gasteiger partial charge in [0.2, 0.25) is 5.91 Å². The van der Waals surface area contributed by atoms with Crippen LogP contribution in [0.5, 0.6) is 0 Å². The van der Waals surface area contributed by atoms with E-state index in [1.807, 2.05) is 13.8 Å². The number of nitrogens with one attached hydrogen (secondary N) is 1. The van der Waals surface area contributed by atoms with Crippen molar-refractivity contribution in [3.63, 3.8) is 0 Å². The fourth-order valence-corrected chi connectivity index (χ4v) is 2.68. The van der Waals surface area contributed by atoms with E-state index in [4.69, 9.17) is 0 Å². The van der Waals surface area contributed by atoms with Gasteiger partial charge in [-0.1, -0.05) is 11.3 Å². The number of carbonyl (C=O) groups is 2. The Bertz CT molecular complexity index is 469. The van der Waals surface area contributed by atoms with Gasteiger partial charge in [0.1, 0.15) is 4.88 Å². The smallest absolute Gasteiger partial charge is 0.350 e. The number of hydrogen-bond donors (Lipinski definition) is 1. The highest BCUT2D eigenvalue weighted by Gasteiger charge is 2.16. The number of carbonyl (C=O) groups excluding carboxylic acids is 2.